The molecular formula is C10H20N2O4S. The van der Waals surface area contributed by atoms with Crippen LogP contribution in [0.15, 0.2) is 0 Å². The first-order chi connectivity index (χ1) is 8.01. The van der Waals surface area contributed by atoms with Crippen LogP contribution in [0.1, 0.15) is 13.8 Å². The van der Waals surface area contributed by atoms with Crippen molar-refractivity contribution < 1.29 is 17.9 Å². The monoisotopic (exact) mass is 264 g/mol. The molecule has 6 nitrogen and oxygen atoms in total. The van der Waals surface area contributed by atoms with Gasteiger partial charge in [-0.2, -0.15) is 17.0 Å². The van der Waals surface area contributed by atoms with Crippen molar-refractivity contribution in [2.75, 3.05) is 39.5 Å². The molecule has 0 amide bonds. The third-order valence-electron chi connectivity index (χ3n) is 3.14. The lowest BCUT2D eigenvalue weighted by atomic mass is 10.2. The predicted molar refractivity (Wildman–Crippen MR) is 62.9 cm³/mol. The van der Waals surface area contributed by atoms with Crippen molar-refractivity contribution in [2.45, 2.75) is 26.0 Å². The molecular weight excluding hydrogens is 244 g/mol. The van der Waals surface area contributed by atoms with Gasteiger partial charge in [-0.25, -0.2) is 0 Å². The first-order valence-corrected chi connectivity index (χ1v) is 7.38. The fourth-order valence-electron chi connectivity index (χ4n) is 2.12. The lowest BCUT2D eigenvalue weighted by Gasteiger charge is -2.39. The SMILES string of the molecule is C[C@@H]1CO[C@@H](C)CN1S(=O)(=O)N1CCOCC1. The fraction of sp³-hybridized carbons (Fsp3) is 1.00. The topological polar surface area (TPSA) is 59.1 Å². The highest BCUT2D eigenvalue weighted by atomic mass is 32.2. The molecule has 2 heterocycles. The van der Waals surface area contributed by atoms with Crippen LogP contribution in [0.25, 0.3) is 0 Å². The summed E-state index contributed by atoms with van der Waals surface area (Å²) in [6.07, 6.45) is -0.0398. The molecule has 0 unspecified atom stereocenters. The van der Waals surface area contributed by atoms with Crippen LogP contribution in [-0.2, 0) is 19.7 Å². The number of hydrogen-bond acceptors (Lipinski definition) is 4. The molecule has 0 radical (unpaired) electrons. The van der Waals surface area contributed by atoms with Gasteiger partial charge in [0.1, 0.15) is 0 Å². The number of ether oxygens (including phenoxy) is 2. The van der Waals surface area contributed by atoms with Crippen LogP contribution in [0.4, 0.5) is 0 Å². The standard InChI is InChI=1S/C10H20N2O4S/c1-9-8-16-10(2)7-12(9)17(13,14)11-3-5-15-6-4-11/h9-10H,3-8H2,1-2H3/t9-,10+/m1/s1. The molecule has 0 N–H and O–H groups in total. The summed E-state index contributed by atoms with van der Waals surface area (Å²) >= 11 is 0. The van der Waals surface area contributed by atoms with E-state index in [4.69, 9.17) is 9.47 Å². The van der Waals surface area contributed by atoms with Crippen molar-refractivity contribution in [2.24, 2.45) is 0 Å². The van der Waals surface area contributed by atoms with Gasteiger partial charge in [0.2, 0.25) is 0 Å². The maximum absolute atomic E-state index is 12.4. The minimum absolute atomic E-state index is 0.0398. The Morgan fingerprint density at radius 2 is 1.82 bits per heavy atom. The van der Waals surface area contributed by atoms with Gasteiger partial charge in [0.25, 0.3) is 10.2 Å². The second-order valence-electron chi connectivity index (χ2n) is 4.58. The van der Waals surface area contributed by atoms with Crippen LogP contribution in [0.3, 0.4) is 0 Å². The zero-order valence-corrected chi connectivity index (χ0v) is 11.1. The molecule has 2 fully saturated rings. The Bertz CT molecular complexity index is 353. The Morgan fingerprint density at radius 3 is 2.47 bits per heavy atom. The normalized spacial score (nSPS) is 33.8. The van der Waals surface area contributed by atoms with E-state index in [2.05, 4.69) is 0 Å². The first kappa shape index (κ1) is 13.2. The van der Waals surface area contributed by atoms with E-state index in [1.807, 2.05) is 13.8 Å². The molecule has 0 aromatic carbocycles. The Labute approximate surface area is 103 Å². The quantitative estimate of drug-likeness (QED) is 0.685. The van der Waals surface area contributed by atoms with Crippen LogP contribution < -0.4 is 0 Å². The van der Waals surface area contributed by atoms with Crippen LogP contribution >= 0.6 is 0 Å². The second kappa shape index (κ2) is 5.19. The minimum atomic E-state index is -3.36. The lowest BCUT2D eigenvalue weighted by molar-refractivity contribution is -0.0208. The average molecular weight is 264 g/mol. The van der Waals surface area contributed by atoms with Crippen molar-refractivity contribution in [3.05, 3.63) is 0 Å². The van der Waals surface area contributed by atoms with Gasteiger partial charge in [-0.3, -0.25) is 0 Å². The van der Waals surface area contributed by atoms with E-state index in [-0.39, 0.29) is 12.1 Å². The van der Waals surface area contributed by atoms with E-state index < -0.39 is 10.2 Å². The van der Waals surface area contributed by atoms with Crippen LogP contribution in [0.2, 0.25) is 0 Å². The smallest absolute Gasteiger partial charge is 0.282 e. The largest absolute Gasteiger partial charge is 0.379 e. The molecule has 2 atom stereocenters. The molecule has 2 rings (SSSR count). The number of rotatable bonds is 2. The van der Waals surface area contributed by atoms with Crippen molar-refractivity contribution in [3.63, 3.8) is 0 Å². The highest BCUT2D eigenvalue weighted by molar-refractivity contribution is 7.86. The molecule has 0 aliphatic carbocycles. The minimum Gasteiger partial charge on any atom is -0.379 e. The van der Waals surface area contributed by atoms with Gasteiger partial charge in [-0.15, -0.1) is 0 Å². The highest BCUT2D eigenvalue weighted by Gasteiger charge is 2.37. The lowest BCUT2D eigenvalue weighted by Crippen LogP contribution is -2.56. The molecule has 0 spiro atoms. The summed E-state index contributed by atoms with van der Waals surface area (Å²) in [6, 6.07) is -0.0981. The van der Waals surface area contributed by atoms with E-state index >= 15 is 0 Å². The highest BCUT2D eigenvalue weighted by Crippen LogP contribution is 2.19. The number of nitrogens with zero attached hydrogens (tertiary/aromatic N) is 2. The molecule has 2 saturated heterocycles. The zero-order chi connectivity index (χ0) is 12.5. The third-order valence-corrected chi connectivity index (χ3v) is 5.26. The summed E-state index contributed by atoms with van der Waals surface area (Å²) in [5.74, 6) is 0. The van der Waals surface area contributed by atoms with E-state index in [0.717, 1.165) is 0 Å². The van der Waals surface area contributed by atoms with Gasteiger partial charge in [0.05, 0.1) is 25.9 Å². The molecule has 7 heteroatoms. The third kappa shape index (κ3) is 2.79. The summed E-state index contributed by atoms with van der Waals surface area (Å²) < 4.78 is 38.6. The van der Waals surface area contributed by atoms with Gasteiger partial charge in [-0.05, 0) is 13.8 Å². The van der Waals surface area contributed by atoms with Crippen molar-refractivity contribution in [1.82, 2.24) is 8.61 Å². The van der Waals surface area contributed by atoms with Crippen molar-refractivity contribution in [1.29, 1.82) is 0 Å². The van der Waals surface area contributed by atoms with Crippen LogP contribution in [0.5, 0.6) is 0 Å². The molecule has 2 aliphatic heterocycles. The first-order valence-electron chi connectivity index (χ1n) is 5.98. The summed E-state index contributed by atoms with van der Waals surface area (Å²) in [5, 5.41) is 0. The van der Waals surface area contributed by atoms with Crippen LogP contribution in [-0.4, -0.2) is 68.6 Å². The Morgan fingerprint density at radius 1 is 1.18 bits per heavy atom. The summed E-state index contributed by atoms with van der Waals surface area (Å²) in [4.78, 5) is 0. The van der Waals surface area contributed by atoms with Crippen molar-refractivity contribution in [3.8, 4) is 0 Å². The molecule has 17 heavy (non-hydrogen) atoms. The fourth-order valence-corrected chi connectivity index (χ4v) is 3.94. The number of morpholine rings is 2. The van der Waals surface area contributed by atoms with E-state index in [0.29, 0.717) is 39.5 Å². The van der Waals surface area contributed by atoms with Crippen molar-refractivity contribution >= 4 is 10.2 Å². The van der Waals surface area contributed by atoms with Crippen LogP contribution in [0, 0.1) is 0 Å². The van der Waals surface area contributed by atoms with Gasteiger partial charge in [0, 0.05) is 25.7 Å². The molecule has 0 aromatic rings. The Hall–Kier alpha value is -0.210. The van der Waals surface area contributed by atoms with E-state index in [9.17, 15) is 8.42 Å². The van der Waals surface area contributed by atoms with E-state index in [1.165, 1.54) is 4.31 Å². The maximum atomic E-state index is 12.4. The Balaban J connectivity index is 2.12. The molecule has 0 bridgehead atoms. The average Bonchev–Trinajstić information content (AvgIpc) is 2.33. The summed E-state index contributed by atoms with van der Waals surface area (Å²) in [5.41, 5.74) is 0. The molecule has 0 saturated carbocycles. The summed E-state index contributed by atoms with van der Waals surface area (Å²) in [7, 11) is -3.36. The van der Waals surface area contributed by atoms with Gasteiger partial charge < -0.3 is 9.47 Å². The van der Waals surface area contributed by atoms with Gasteiger partial charge in [0.15, 0.2) is 0 Å². The summed E-state index contributed by atoms with van der Waals surface area (Å²) in [6.45, 7) is 6.52. The maximum Gasteiger partial charge on any atom is 0.282 e. The van der Waals surface area contributed by atoms with E-state index in [1.54, 1.807) is 4.31 Å². The van der Waals surface area contributed by atoms with Gasteiger partial charge in [-0.1, -0.05) is 0 Å². The molecule has 100 valence electrons. The van der Waals surface area contributed by atoms with Gasteiger partial charge >= 0.3 is 0 Å². The predicted octanol–water partition coefficient (Wildman–Crippen LogP) is -0.327. The second-order valence-corrected chi connectivity index (χ2v) is 6.46. The molecule has 2 aliphatic rings. The molecule has 0 aromatic heterocycles. The Kier molecular flexibility index (Phi) is 4.04. The number of hydrogen-bond donors (Lipinski definition) is 0. The zero-order valence-electron chi connectivity index (χ0n) is 10.3.